The Morgan fingerprint density at radius 1 is 1.12 bits per heavy atom. The van der Waals surface area contributed by atoms with Crippen molar-refractivity contribution in [3.05, 3.63) is 28.8 Å². The molecule has 1 aliphatic rings. The van der Waals surface area contributed by atoms with Crippen molar-refractivity contribution in [2.75, 3.05) is 32.7 Å². The summed E-state index contributed by atoms with van der Waals surface area (Å²) in [7, 11) is 0. The van der Waals surface area contributed by atoms with E-state index in [9.17, 15) is 5.11 Å². The Hall–Kier alpha value is -1.10. The average Bonchev–Trinajstić information content (AvgIpc) is 2.53. The first-order chi connectivity index (χ1) is 11.4. The molecule has 1 heterocycles. The second-order valence-corrected chi connectivity index (χ2v) is 7.46. The molecular formula is C20H34N2O2. The van der Waals surface area contributed by atoms with Gasteiger partial charge in [-0.1, -0.05) is 13.8 Å². The van der Waals surface area contributed by atoms with Crippen molar-refractivity contribution < 1.29 is 9.84 Å². The van der Waals surface area contributed by atoms with Gasteiger partial charge in [0.2, 0.25) is 0 Å². The summed E-state index contributed by atoms with van der Waals surface area (Å²) in [5.41, 5.74) is 3.35. The minimum absolute atomic E-state index is 0.158. The number of ether oxygens (including phenoxy) is 1. The summed E-state index contributed by atoms with van der Waals surface area (Å²) in [4.78, 5) is 2.43. The van der Waals surface area contributed by atoms with Gasteiger partial charge in [-0.2, -0.15) is 0 Å². The first kappa shape index (κ1) is 19.2. The lowest BCUT2D eigenvalue weighted by Gasteiger charge is -2.28. The van der Waals surface area contributed by atoms with Crippen LogP contribution in [0.3, 0.4) is 0 Å². The van der Waals surface area contributed by atoms with Gasteiger partial charge in [-0.15, -0.1) is 0 Å². The maximum atomic E-state index is 10.7. The molecule has 2 N–H and O–H groups in total. The van der Waals surface area contributed by atoms with Crippen LogP contribution in [0.25, 0.3) is 0 Å². The SMILES string of the molecule is Cc1cc(OC(C)C)c(C(C)C)cc1C(O)CCN1CCNCC1. The van der Waals surface area contributed by atoms with E-state index >= 15 is 0 Å². The Morgan fingerprint density at radius 3 is 2.38 bits per heavy atom. The van der Waals surface area contributed by atoms with Crippen LogP contribution in [-0.2, 0) is 0 Å². The van der Waals surface area contributed by atoms with Crippen LogP contribution in [0.15, 0.2) is 12.1 Å². The highest BCUT2D eigenvalue weighted by atomic mass is 16.5. The van der Waals surface area contributed by atoms with E-state index in [0.717, 1.165) is 56.0 Å². The number of rotatable bonds is 7. The molecule has 0 saturated carbocycles. The third kappa shape index (κ3) is 5.20. The van der Waals surface area contributed by atoms with Crippen LogP contribution >= 0.6 is 0 Å². The van der Waals surface area contributed by atoms with Crippen molar-refractivity contribution in [1.82, 2.24) is 10.2 Å². The lowest BCUT2D eigenvalue weighted by Crippen LogP contribution is -2.44. The number of aryl methyl sites for hydroxylation is 1. The fourth-order valence-electron chi connectivity index (χ4n) is 3.28. The van der Waals surface area contributed by atoms with E-state index in [0.29, 0.717) is 5.92 Å². The fraction of sp³-hybridized carbons (Fsp3) is 0.700. The quantitative estimate of drug-likeness (QED) is 0.803. The van der Waals surface area contributed by atoms with Crippen LogP contribution in [-0.4, -0.2) is 48.8 Å². The molecule has 24 heavy (non-hydrogen) atoms. The molecular weight excluding hydrogens is 300 g/mol. The summed E-state index contributed by atoms with van der Waals surface area (Å²) < 4.78 is 5.98. The Kier molecular flexibility index (Phi) is 7.08. The van der Waals surface area contributed by atoms with E-state index in [1.54, 1.807) is 0 Å². The van der Waals surface area contributed by atoms with Gasteiger partial charge in [-0.05, 0) is 61.9 Å². The molecule has 0 radical (unpaired) electrons. The predicted molar refractivity (Wildman–Crippen MR) is 99.9 cm³/mol. The standard InChI is InChI=1S/C20H34N2O2/c1-14(2)17-13-18(16(5)12-20(17)24-15(3)4)19(23)6-9-22-10-7-21-8-11-22/h12-15,19,21,23H,6-11H2,1-5H3. The topological polar surface area (TPSA) is 44.7 Å². The van der Waals surface area contributed by atoms with Crippen LogP contribution in [0.1, 0.15) is 62.8 Å². The monoisotopic (exact) mass is 334 g/mol. The van der Waals surface area contributed by atoms with Gasteiger partial charge in [0.05, 0.1) is 12.2 Å². The van der Waals surface area contributed by atoms with Crippen molar-refractivity contribution >= 4 is 0 Å². The Labute approximate surface area is 147 Å². The van der Waals surface area contributed by atoms with Gasteiger partial charge < -0.3 is 20.1 Å². The van der Waals surface area contributed by atoms with Crippen LogP contribution in [0.2, 0.25) is 0 Å². The summed E-state index contributed by atoms with van der Waals surface area (Å²) in [6.07, 6.45) is 0.527. The van der Waals surface area contributed by atoms with E-state index in [-0.39, 0.29) is 6.10 Å². The van der Waals surface area contributed by atoms with Gasteiger partial charge in [0.25, 0.3) is 0 Å². The van der Waals surface area contributed by atoms with E-state index < -0.39 is 6.10 Å². The highest BCUT2D eigenvalue weighted by molar-refractivity contribution is 5.45. The average molecular weight is 335 g/mol. The molecule has 1 aromatic carbocycles. The Morgan fingerprint density at radius 2 is 1.79 bits per heavy atom. The summed E-state index contributed by atoms with van der Waals surface area (Å²) in [6.45, 7) is 15.7. The number of benzene rings is 1. The number of piperazine rings is 1. The Bertz CT molecular complexity index is 523. The van der Waals surface area contributed by atoms with Crippen LogP contribution in [0.4, 0.5) is 0 Å². The molecule has 1 saturated heterocycles. The number of nitrogens with one attached hydrogen (secondary N) is 1. The van der Waals surface area contributed by atoms with Crippen LogP contribution in [0, 0.1) is 6.92 Å². The van der Waals surface area contributed by atoms with Gasteiger partial charge in [-0.3, -0.25) is 0 Å². The molecule has 0 aromatic heterocycles. The van der Waals surface area contributed by atoms with E-state index in [1.807, 2.05) is 0 Å². The van der Waals surface area contributed by atoms with Gasteiger partial charge in [-0.25, -0.2) is 0 Å². The number of aliphatic hydroxyl groups excluding tert-OH is 1. The highest BCUT2D eigenvalue weighted by Crippen LogP contribution is 2.33. The lowest BCUT2D eigenvalue weighted by molar-refractivity contribution is 0.136. The summed E-state index contributed by atoms with van der Waals surface area (Å²) >= 11 is 0. The first-order valence-corrected chi connectivity index (χ1v) is 9.30. The van der Waals surface area contributed by atoms with Gasteiger partial charge in [0, 0.05) is 32.7 Å². The summed E-state index contributed by atoms with van der Waals surface area (Å²) in [5, 5.41) is 14.1. The fourth-order valence-corrected chi connectivity index (χ4v) is 3.28. The number of hydrogen-bond donors (Lipinski definition) is 2. The minimum atomic E-state index is -0.412. The minimum Gasteiger partial charge on any atom is -0.491 e. The van der Waals surface area contributed by atoms with Gasteiger partial charge in [0.15, 0.2) is 0 Å². The second-order valence-electron chi connectivity index (χ2n) is 7.46. The molecule has 2 rings (SSSR count). The molecule has 4 heteroatoms. The third-order valence-corrected chi connectivity index (χ3v) is 4.67. The summed E-state index contributed by atoms with van der Waals surface area (Å²) in [5.74, 6) is 1.33. The molecule has 4 nitrogen and oxygen atoms in total. The largest absolute Gasteiger partial charge is 0.491 e. The molecule has 1 aromatic rings. The maximum Gasteiger partial charge on any atom is 0.123 e. The van der Waals surface area contributed by atoms with E-state index in [4.69, 9.17) is 4.74 Å². The van der Waals surface area contributed by atoms with Crippen molar-refractivity contribution in [3.8, 4) is 5.75 Å². The van der Waals surface area contributed by atoms with Crippen molar-refractivity contribution in [2.45, 2.75) is 59.2 Å². The normalized spacial score (nSPS) is 17.5. The van der Waals surface area contributed by atoms with Gasteiger partial charge in [0.1, 0.15) is 5.75 Å². The highest BCUT2D eigenvalue weighted by Gasteiger charge is 2.19. The molecule has 1 unspecified atom stereocenters. The zero-order valence-corrected chi connectivity index (χ0v) is 15.9. The van der Waals surface area contributed by atoms with Crippen molar-refractivity contribution in [2.24, 2.45) is 0 Å². The molecule has 0 amide bonds. The zero-order chi connectivity index (χ0) is 17.7. The number of hydrogen-bond acceptors (Lipinski definition) is 4. The number of aliphatic hydroxyl groups is 1. The first-order valence-electron chi connectivity index (χ1n) is 9.30. The van der Waals surface area contributed by atoms with Crippen molar-refractivity contribution in [1.29, 1.82) is 0 Å². The smallest absolute Gasteiger partial charge is 0.123 e. The predicted octanol–water partition coefficient (Wildman–Crippen LogP) is 3.23. The zero-order valence-electron chi connectivity index (χ0n) is 15.9. The lowest BCUT2D eigenvalue weighted by atomic mass is 9.93. The molecule has 1 atom stereocenters. The number of nitrogens with zero attached hydrogens (tertiary/aromatic N) is 1. The molecule has 1 aliphatic heterocycles. The Balaban J connectivity index is 2.11. The molecule has 0 spiro atoms. The van der Waals surface area contributed by atoms with Crippen LogP contribution in [0.5, 0.6) is 5.75 Å². The second kappa shape index (κ2) is 8.84. The molecule has 0 bridgehead atoms. The van der Waals surface area contributed by atoms with Crippen LogP contribution < -0.4 is 10.1 Å². The summed E-state index contributed by atoms with van der Waals surface area (Å²) in [6, 6.07) is 4.25. The maximum absolute atomic E-state index is 10.7. The van der Waals surface area contributed by atoms with Crippen molar-refractivity contribution in [3.63, 3.8) is 0 Å². The molecule has 136 valence electrons. The van der Waals surface area contributed by atoms with E-state index in [2.05, 4.69) is 57.0 Å². The molecule has 0 aliphatic carbocycles. The molecule has 1 fully saturated rings. The van der Waals surface area contributed by atoms with Gasteiger partial charge >= 0.3 is 0 Å². The third-order valence-electron chi connectivity index (χ3n) is 4.67. The van der Waals surface area contributed by atoms with E-state index in [1.165, 1.54) is 5.56 Å².